The van der Waals surface area contributed by atoms with Crippen LogP contribution in [-0.2, 0) is 14.3 Å². The third kappa shape index (κ3) is 5.33. The number of Topliss-reactive ketones (excluding diaryl/α,β-unsaturated/α-hetero) is 1. The lowest BCUT2D eigenvalue weighted by atomic mass is 9.96. The molecule has 0 fully saturated rings. The van der Waals surface area contributed by atoms with Gasteiger partial charge in [0.1, 0.15) is 12.4 Å². The molecule has 0 aliphatic heterocycles. The Balaban J connectivity index is 2.50. The fourth-order valence-electron chi connectivity index (χ4n) is 1.55. The minimum absolute atomic E-state index is 0.0530. The summed E-state index contributed by atoms with van der Waals surface area (Å²) in [6.07, 6.45) is 4.93. The van der Waals surface area contributed by atoms with Gasteiger partial charge in [0.25, 0.3) is 0 Å². The zero-order valence-electron chi connectivity index (χ0n) is 11.0. The van der Waals surface area contributed by atoms with Gasteiger partial charge in [0.15, 0.2) is 0 Å². The Labute approximate surface area is 112 Å². The second kappa shape index (κ2) is 8.02. The minimum Gasteiger partial charge on any atom is -0.438 e. The van der Waals surface area contributed by atoms with Gasteiger partial charge in [0, 0.05) is 6.20 Å². The quantitative estimate of drug-likeness (QED) is 0.582. The van der Waals surface area contributed by atoms with Gasteiger partial charge in [-0.3, -0.25) is 9.78 Å². The molecule has 0 bridgehead atoms. The summed E-state index contributed by atoms with van der Waals surface area (Å²) in [5, 5.41) is 0. The molecule has 0 saturated carbocycles. The first-order valence-corrected chi connectivity index (χ1v) is 5.92. The highest BCUT2D eigenvalue weighted by Gasteiger charge is 2.15. The molecule has 1 atom stereocenters. The van der Waals surface area contributed by atoms with Crippen LogP contribution in [0, 0.1) is 0 Å². The third-order valence-electron chi connectivity index (χ3n) is 2.54. The van der Waals surface area contributed by atoms with E-state index in [0.29, 0.717) is 6.42 Å². The number of carbonyl (C=O) groups excluding carboxylic acids is 2. The van der Waals surface area contributed by atoms with E-state index in [1.165, 1.54) is 14.0 Å². The van der Waals surface area contributed by atoms with Crippen LogP contribution in [0.1, 0.15) is 25.0 Å². The summed E-state index contributed by atoms with van der Waals surface area (Å²) in [4.78, 5) is 26.5. The van der Waals surface area contributed by atoms with Crippen LogP contribution in [0.2, 0.25) is 0 Å². The molecule has 5 nitrogen and oxygen atoms in total. The van der Waals surface area contributed by atoms with E-state index in [1.54, 1.807) is 24.4 Å². The highest BCUT2D eigenvalue weighted by molar-refractivity contribution is 5.83. The highest BCUT2D eigenvalue weighted by atomic mass is 16.7. The van der Waals surface area contributed by atoms with Gasteiger partial charge >= 0.3 is 6.16 Å². The average molecular weight is 263 g/mol. The summed E-state index contributed by atoms with van der Waals surface area (Å²) in [6, 6.07) is 5.48. The Hall–Kier alpha value is -2.17. The third-order valence-corrected chi connectivity index (χ3v) is 2.54. The number of hydrogen-bond acceptors (Lipinski definition) is 5. The first kappa shape index (κ1) is 14.9. The van der Waals surface area contributed by atoms with E-state index in [-0.39, 0.29) is 18.3 Å². The van der Waals surface area contributed by atoms with Crippen molar-refractivity contribution in [2.24, 2.45) is 0 Å². The van der Waals surface area contributed by atoms with Gasteiger partial charge in [0.05, 0.1) is 18.7 Å². The molecule has 0 aliphatic rings. The average Bonchev–Trinajstić information content (AvgIpc) is 2.42. The Morgan fingerprint density at radius 1 is 1.37 bits per heavy atom. The van der Waals surface area contributed by atoms with Gasteiger partial charge in [-0.1, -0.05) is 18.2 Å². The zero-order chi connectivity index (χ0) is 14.1. The molecule has 19 heavy (non-hydrogen) atoms. The standard InChI is InChI=1S/C14H17NO4/c1-11(16)12(13-8-3-5-9-15-13)7-4-6-10-19-14(17)18-2/h3-6,8-9,12H,7,10H2,1-2H3/b6-4+. The van der Waals surface area contributed by atoms with Gasteiger partial charge in [-0.25, -0.2) is 4.79 Å². The highest BCUT2D eigenvalue weighted by Crippen LogP contribution is 2.18. The van der Waals surface area contributed by atoms with Crippen molar-refractivity contribution in [1.82, 2.24) is 4.98 Å². The molecular formula is C14H17NO4. The summed E-state index contributed by atoms with van der Waals surface area (Å²) >= 11 is 0. The van der Waals surface area contributed by atoms with E-state index in [9.17, 15) is 9.59 Å². The van der Waals surface area contributed by atoms with Crippen LogP contribution in [0.5, 0.6) is 0 Å². The van der Waals surface area contributed by atoms with Crippen molar-refractivity contribution in [3.63, 3.8) is 0 Å². The number of ketones is 1. The number of pyridine rings is 1. The molecule has 0 aliphatic carbocycles. The van der Waals surface area contributed by atoms with Crippen molar-refractivity contribution in [2.75, 3.05) is 13.7 Å². The first-order chi connectivity index (χ1) is 9.15. The van der Waals surface area contributed by atoms with Gasteiger partial charge in [-0.2, -0.15) is 0 Å². The maximum absolute atomic E-state index is 11.6. The molecular weight excluding hydrogens is 246 g/mol. The maximum atomic E-state index is 11.6. The summed E-state index contributed by atoms with van der Waals surface area (Å²) in [5.74, 6) is -0.215. The molecule has 1 aromatic heterocycles. The van der Waals surface area contributed by atoms with Gasteiger partial charge in [-0.05, 0) is 25.5 Å². The SMILES string of the molecule is COC(=O)OC/C=C/CC(C(C)=O)c1ccccn1. The number of allylic oxidation sites excluding steroid dienone is 1. The molecule has 0 spiro atoms. The number of ether oxygens (including phenoxy) is 2. The number of methoxy groups -OCH3 is 1. The fourth-order valence-corrected chi connectivity index (χ4v) is 1.55. The molecule has 0 saturated heterocycles. The van der Waals surface area contributed by atoms with Crippen molar-refractivity contribution in [2.45, 2.75) is 19.3 Å². The molecule has 1 heterocycles. The topological polar surface area (TPSA) is 65.5 Å². The molecule has 0 aromatic carbocycles. The van der Waals surface area contributed by atoms with Crippen LogP contribution >= 0.6 is 0 Å². The Morgan fingerprint density at radius 2 is 2.16 bits per heavy atom. The summed E-state index contributed by atoms with van der Waals surface area (Å²) in [6.45, 7) is 1.66. The smallest absolute Gasteiger partial charge is 0.438 e. The van der Waals surface area contributed by atoms with Crippen molar-refractivity contribution < 1.29 is 19.1 Å². The van der Waals surface area contributed by atoms with Gasteiger partial charge < -0.3 is 9.47 Å². The Morgan fingerprint density at radius 3 is 2.74 bits per heavy atom. The summed E-state index contributed by atoms with van der Waals surface area (Å²) in [7, 11) is 1.25. The monoisotopic (exact) mass is 263 g/mol. The van der Waals surface area contributed by atoms with Crippen molar-refractivity contribution in [3.8, 4) is 0 Å². The molecule has 1 aromatic rings. The Bertz CT molecular complexity index is 442. The van der Waals surface area contributed by atoms with Gasteiger partial charge in [-0.15, -0.1) is 0 Å². The summed E-state index contributed by atoms with van der Waals surface area (Å²) < 4.78 is 9.02. The predicted octanol–water partition coefficient (Wildman–Crippen LogP) is 2.48. The second-order valence-electron chi connectivity index (χ2n) is 3.89. The largest absolute Gasteiger partial charge is 0.508 e. The number of aromatic nitrogens is 1. The van der Waals surface area contributed by atoms with Crippen LogP contribution in [0.4, 0.5) is 4.79 Å². The van der Waals surface area contributed by atoms with Crippen molar-refractivity contribution in [1.29, 1.82) is 0 Å². The molecule has 5 heteroatoms. The summed E-state index contributed by atoms with van der Waals surface area (Å²) in [5.41, 5.74) is 0.744. The van der Waals surface area contributed by atoms with Crippen molar-refractivity contribution in [3.05, 3.63) is 42.2 Å². The molecule has 102 valence electrons. The molecule has 1 unspecified atom stereocenters. The first-order valence-electron chi connectivity index (χ1n) is 5.92. The number of rotatable bonds is 6. The van der Waals surface area contributed by atoms with Gasteiger partial charge in [0.2, 0.25) is 0 Å². The number of nitrogens with zero attached hydrogens (tertiary/aromatic N) is 1. The van der Waals surface area contributed by atoms with Crippen molar-refractivity contribution >= 4 is 11.9 Å². The molecule has 0 radical (unpaired) electrons. The molecule has 0 amide bonds. The predicted molar refractivity (Wildman–Crippen MR) is 69.8 cm³/mol. The lowest BCUT2D eigenvalue weighted by Crippen LogP contribution is -2.09. The van der Waals surface area contributed by atoms with Crippen LogP contribution in [0.3, 0.4) is 0 Å². The Kier molecular flexibility index (Phi) is 6.29. The van der Waals surface area contributed by atoms with E-state index in [0.717, 1.165) is 5.69 Å². The van der Waals surface area contributed by atoms with E-state index < -0.39 is 6.16 Å². The second-order valence-corrected chi connectivity index (χ2v) is 3.89. The van der Waals surface area contributed by atoms with E-state index in [2.05, 4.69) is 9.72 Å². The van der Waals surface area contributed by atoms with E-state index in [1.807, 2.05) is 12.1 Å². The normalized spacial score (nSPS) is 12.1. The zero-order valence-corrected chi connectivity index (χ0v) is 11.0. The number of carbonyl (C=O) groups is 2. The van der Waals surface area contributed by atoms with Crippen LogP contribution in [0.15, 0.2) is 36.5 Å². The number of hydrogen-bond donors (Lipinski definition) is 0. The minimum atomic E-state index is -0.725. The lowest BCUT2D eigenvalue weighted by molar-refractivity contribution is -0.118. The lowest BCUT2D eigenvalue weighted by Gasteiger charge is -2.10. The van der Waals surface area contributed by atoms with Crippen LogP contribution in [-0.4, -0.2) is 30.6 Å². The molecule has 0 N–H and O–H groups in total. The maximum Gasteiger partial charge on any atom is 0.508 e. The van der Waals surface area contributed by atoms with Crippen LogP contribution < -0.4 is 0 Å². The van der Waals surface area contributed by atoms with E-state index >= 15 is 0 Å². The fraction of sp³-hybridized carbons (Fsp3) is 0.357. The molecule has 1 rings (SSSR count). The van der Waals surface area contributed by atoms with Crippen LogP contribution in [0.25, 0.3) is 0 Å². The van der Waals surface area contributed by atoms with E-state index in [4.69, 9.17) is 4.74 Å².